The van der Waals surface area contributed by atoms with Crippen molar-refractivity contribution in [1.29, 1.82) is 0 Å². The molecule has 1 aromatic heterocycles. The van der Waals surface area contributed by atoms with Crippen LogP contribution in [-0.4, -0.2) is 21.7 Å². The summed E-state index contributed by atoms with van der Waals surface area (Å²) in [6.07, 6.45) is -3.08. The number of benzene rings is 3. The zero-order valence-corrected chi connectivity index (χ0v) is 21.4. The number of aliphatic hydroxyl groups is 1. The molecule has 3 N–H and O–H groups in total. The van der Waals surface area contributed by atoms with Gasteiger partial charge in [-0.05, 0) is 74.7 Å². The summed E-state index contributed by atoms with van der Waals surface area (Å²) in [4.78, 5) is 3.39. The highest BCUT2D eigenvalue weighted by molar-refractivity contribution is 5.98. The fraction of sp³-hybridized carbons (Fsp3) is 0.290. The molecule has 4 aromatic rings. The number of para-hydroxylation sites is 1. The SMILES string of the molecule is Cc1cc(-c2cccc3c(C)c[nH]c23)c(C#Cc2ccc(C(F)(F)F)cc2)c2c1NC(C)(C)C(O)C2C. The van der Waals surface area contributed by atoms with Gasteiger partial charge in [0, 0.05) is 45.4 Å². The van der Waals surface area contributed by atoms with Gasteiger partial charge in [-0.2, -0.15) is 13.2 Å². The maximum atomic E-state index is 13.0. The van der Waals surface area contributed by atoms with E-state index in [1.165, 1.54) is 12.1 Å². The van der Waals surface area contributed by atoms with Gasteiger partial charge < -0.3 is 15.4 Å². The summed E-state index contributed by atoms with van der Waals surface area (Å²) in [5, 5.41) is 15.8. The number of H-pyrrole nitrogens is 1. The van der Waals surface area contributed by atoms with Gasteiger partial charge in [-0.15, -0.1) is 0 Å². The number of hydrogen-bond acceptors (Lipinski definition) is 2. The lowest BCUT2D eigenvalue weighted by molar-refractivity contribution is -0.137. The molecule has 1 aliphatic heterocycles. The van der Waals surface area contributed by atoms with Crippen LogP contribution in [0.1, 0.15) is 60.1 Å². The third-order valence-electron chi connectivity index (χ3n) is 7.44. The number of anilines is 1. The van der Waals surface area contributed by atoms with E-state index in [2.05, 4.69) is 41.2 Å². The van der Waals surface area contributed by atoms with E-state index < -0.39 is 23.4 Å². The van der Waals surface area contributed by atoms with Gasteiger partial charge in [0.2, 0.25) is 0 Å². The average Bonchev–Trinajstić information content (AvgIpc) is 3.23. The molecule has 6 heteroatoms. The number of aliphatic hydroxyl groups excluding tert-OH is 1. The normalized spacial score (nSPS) is 18.6. The molecule has 0 spiro atoms. The fourth-order valence-corrected chi connectivity index (χ4v) is 5.39. The highest BCUT2D eigenvalue weighted by Gasteiger charge is 2.41. The Labute approximate surface area is 214 Å². The summed E-state index contributed by atoms with van der Waals surface area (Å²) in [5.41, 5.74) is 6.94. The van der Waals surface area contributed by atoms with E-state index in [-0.39, 0.29) is 5.92 Å². The van der Waals surface area contributed by atoms with E-state index in [9.17, 15) is 18.3 Å². The monoisotopic (exact) mass is 502 g/mol. The van der Waals surface area contributed by atoms with Crippen molar-refractivity contribution in [2.75, 3.05) is 5.32 Å². The van der Waals surface area contributed by atoms with Gasteiger partial charge >= 0.3 is 6.18 Å². The molecule has 2 unspecified atom stereocenters. The number of nitrogens with one attached hydrogen (secondary N) is 2. The molecule has 0 aliphatic carbocycles. The van der Waals surface area contributed by atoms with Crippen LogP contribution in [0.25, 0.3) is 22.0 Å². The van der Waals surface area contributed by atoms with Gasteiger partial charge in [0.15, 0.2) is 0 Å². The lowest BCUT2D eigenvalue weighted by Gasteiger charge is -2.43. The molecule has 3 aromatic carbocycles. The first-order valence-electron chi connectivity index (χ1n) is 12.3. The molecule has 1 aliphatic rings. The molecule has 3 nitrogen and oxygen atoms in total. The Bertz CT molecular complexity index is 1570. The summed E-state index contributed by atoms with van der Waals surface area (Å²) in [6, 6.07) is 13.1. The molecule has 0 bridgehead atoms. The molecule has 37 heavy (non-hydrogen) atoms. The number of rotatable bonds is 1. The number of halogens is 3. The molecule has 5 rings (SSSR count). The van der Waals surface area contributed by atoms with Crippen molar-refractivity contribution in [2.24, 2.45) is 0 Å². The maximum Gasteiger partial charge on any atom is 0.416 e. The average molecular weight is 503 g/mol. The van der Waals surface area contributed by atoms with Gasteiger partial charge in [-0.1, -0.05) is 37.0 Å². The van der Waals surface area contributed by atoms with Gasteiger partial charge in [-0.3, -0.25) is 0 Å². The Morgan fingerprint density at radius 1 is 0.946 bits per heavy atom. The number of hydrogen-bond donors (Lipinski definition) is 3. The first-order chi connectivity index (χ1) is 17.4. The molecule has 2 heterocycles. The second-order valence-electron chi connectivity index (χ2n) is 10.5. The van der Waals surface area contributed by atoms with Crippen LogP contribution in [0.2, 0.25) is 0 Å². The zero-order chi connectivity index (χ0) is 26.7. The lowest BCUT2D eigenvalue weighted by Crippen LogP contribution is -2.50. The second-order valence-corrected chi connectivity index (χ2v) is 10.5. The van der Waals surface area contributed by atoms with Crippen molar-refractivity contribution < 1.29 is 18.3 Å². The van der Waals surface area contributed by atoms with Crippen LogP contribution in [0.15, 0.2) is 54.7 Å². The van der Waals surface area contributed by atoms with Crippen LogP contribution in [0.3, 0.4) is 0 Å². The Morgan fingerprint density at radius 3 is 2.32 bits per heavy atom. The molecule has 0 radical (unpaired) electrons. The van der Waals surface area contributed by atoms with Crippen molar-refractivity contribution in [3.05, 3.63) is 88.1 Å². The lowest BCUT2D eigenvalue weighted by atomic mass is 9.75. The van der Waals surface area contributed by atoms with Gasteiger partial charge in [0.25, 0.3) is 0 Å². The van der Waals surface area contributed by atoms with Gasteiger partial charge in [0.05, 0.1) is 22.7 Å². The quantitative estimate of drug-likeness (QED) is 0.236. The molecule has 2 atom stereocenters. The van der Waals surface area contributed by atoms with Crippen LogP contribution in [0, 0.1) is 25.7 Å². The summed E-state index contributed by atoms with van der Waals surface area (Å²) < 4.78 is 39.1. The standard InChI is InChI=1S/C31H29F3N2O/c1-17-15-25(24-8-6-7-22-18(2)16-35-28(22)24)23(26-19(3)29(37)30(4,5)36-27(17)26)14-11-20-9-12-21(13-10-20)31(32,33)34/h6-10,12-13,15-16,19,29,35-37H,1-5H3. The Balaban J connectivity index is 1.76. The number of aryl methyl sites for hydroxylation is 2. The first kappa shape index (κ1) is 25.0. The molecular formula is C31H29F3N2O. The number of aromatic amines is 1. The highest BCUT2D eigenvalue weighted by atomic mass is 19.4. The van der Waals surface area contributed by atoms with E-state index in [0.29, 0.717) is 5.56 Å². The number of aromatic nitrogens is 1. The molecule has 0 amide bonds. The maximum absolute atomic E-state index is 13.0. The van der Waals surface area contributed by atoms with Gasteiger partial charge in [-0.25, -0.2) is 0 Å². The molecular weight excluding hydrogens is 473 g/mol. The smallest absolute Gasteiger partial charge is 0.390 e. The largest absolute Gasteiger partial charge is 0.416 e. The van der Waals surface area contributed by atoms with E-state index in [4.69, 9.17) is 0 Å². The topological polar surface area (TPSA) is 48.0 Å². The minimum atomic E-state index is -4.40. The van der Waals surface area contributed by atoms with Crippen molar-refractivity contribution in [2.45, 2.75) is 58.4 Å². The highest BCUT2D eigenvalue weighted by Crippen LogP contribution is 2.46. The van der Waals surface area contributed by atoms with Crippen molar-refractivity contribution in [3.63, 3.8) is 0 Å². The van der Waals surface area contributed by atoms with Crippen LogP contribution in [0.5, 0.6) is 0 Å². The van der Waals surface area contributed by atoms with E-state index in [1.54, 1.807) is 0 Å². The summed E-state index contributed by atoms with van der Waals surface area (Å²) in [5.74, 6) is 6.17. The van der Waals surface area contributed by atoms with Crippen LogP contribution >= 0.6 is 0 Å². The molecule has 0 saturated carbocycles. The minimum absolute atomic E-state index is 0.216. The molecule has 0 saturated heterocycles. The summed E-state index contributed by atoms with van der Waals surface area (Å²) >= 11 is 0. The summed E-state index contributed by atoms with van der Waals surface area (Å²) in [7, 11) is 0. The van der Waals surface area contributed by atoms with Gasteiger partial charge in [0.1, 0.15) is 0 Å². The van der Waals surface area contributed by atoms with Crippen molar-refractivity contribution >= 4 is 16.6 Å². The third-order valence-corrected chi connectivity index (χ3v) is 7.44. The van der Waals surface area contributed by atoms with Crippen LogP contribution in [0.4, 0.5) is 18.9 Å². The first-order valence-corrected chi connectivity index (χ1v) is 12.3. The second kappa shape index (κ2) is 8.71. The summed E-state index contributed by atoms with van der Waals surface area (Å²) in [6.45, 7) is 10.0. The molecule has 0 fully saturated rings. The van der Waals surface area contributed by atoms with Crippen LogP contribution < -0.4 is 5.32 Å². The predicted octanol–water partition coefficient (Wildman–Crippen LogP) is 7.54. The van der Waals surface area contributed by atoms with E-state index >= 15 is 0 Å². The minimum Gasteiger partial charge on any atom is -0.390 e. The van der Waals surface area contributed by atoms with Crippen molar-refractivity contribution in [3.8, 4) is 23.0 Å². The fourth-order valence-electron chi connectivity index (χ4n) is 5.39. The van der Waals surface area contributed by atoms with E-state index in [1.807, 2.05) is 46.0 Å². The number of fused-ring (bicyclic) bond motifs is 2. The zero-order valence-electron chi connectivity index (χ0n) is 21.4. The Morgan fingerprint density at radius 2 is 1.65 bits per heavy atom. The third kappa shape index (κ3) is 4.28. The Kier molecular flexibility index (Phi) is 5.88. The van der Waals surface area contributed by atoms with Crippen LogP contribution in [-0.2, 0) is 6.18 Å². The molecule has 190 valence electrons. The Hall–Kier alpha value is -3.69. The predicted molar refractivity (Wildman–Crippen MR) is 143 cm³/mol. The number of alkyl halides is 3. The van der Waals surface area contributed by atoms with Crippen molar-refractivity contribution in [1.82, 2.24) is 4.98 Å². The van der Waals surface area contributed by atoms with E-state index in [0.717, 1.165) is 62.1 Å².